The zero-order chi connectivity index (χ0) is 18.6. The minimum absolute atomic E-state index is 0. The van der Waals surface area contributed by atoms with Crippen LogP contribution < -0.4 is 10.6 Å². The summed E-state index contributed by atoms with van der Waals surface area (Å²) in [6.45, 7) is 7.29. The molecule has 0 saturated carbocycles. The molecule has 2 aliphatic heterocycles. The van der Waals surface area contributed by atoms with Gasteiger partial charge in [-0.1, -0.05) is 24.3 Å². The summed E-state index contributed by atoms with van der Waals surface area (Å²) in [5.41, 5.74) is 10.5. The molecule has 1 aromatic heterocycles. The number of piperazine rings is 1. The van der Waals surface area contributed by atoms with Crippen molar-refractivity contribution < 1.29 is 0 Å². The monoisotopic (exact) mass is 399 g/mol. The molecule has 6 heteroatoms. The quantitative estimate of drug-likeness (QED) is 0.800. The van der Waals surface area contributed by atoms with Crippen molar-refractivity contribution in [3.05, 3.63) is 59.8 Å². The molecular formula is C22H30ClN5. The predicted octanol–water partition coefficient (Wildman–Crippen LogP) is 3.13. The van der Waals surface area contributed by atoms with Gasteiger partial charge in [0.25, 0.3) is 0 Å². The van der Waals surface area contributed by atoms with E-state index in [2.05, 4.69) is 58.2 Å². The van der Waals surface area contributed by atoms with E-state index in [1.165, 1.54) is 11.1 Å². The van der Waals surface area contributed by atoms with Crippen molar-refractivity contribution in [1.82, 2.24) is 14.8 Å². The summed E-state index contributed by atoms with van der Waals surface area (Å²) in [5, 5.41) is 0. The van der Waals surface area contributed by atoms with Crippen molar-refractivity contribution in [3.8, 4) is 0 Å². The molecule has 0 bridgehead atoms. The van der Waals surface area contributed by atoms with Crippen LogP contribution in [0.15, 0.2) is 48.5 Å². The SMILES string of the molecule is CN1CCN(c2cccc(C3=CCN(Cc4cccc(N)c4)CC3)n2)CC1.Cl. The standard InChI is InChI=1S/C22H29N5.ClH/c1-25-12-14-27(15-13-25)22-7-3-6-21(24-22)19-8-10-26(11-9-19)17-18-4-2-5-20(23)16-18;/h2-8,16H,9-15,17,23H2,1H3;1H. The van der Waals surface area contributed by atoms with Gasteiger partial charge in [0.15, 0.2) is 0 Å². The summed E-state index contributed by atoms with van der Waals surface area (Å²) in [4.78, 5) is 12.2. The Labute approximate surface area is 174 Å². The molecule has 2 N–H and O–H groups in total. The first kappa shape index (κ1) is 20.6. The minimum Gasteiger partial charge on any atom is -0.399 e. The second-order valence-electron chi connectivity index (χ2n) is 7.63. The number of nitrogen functional groups attached to an aromatic ring is 1. The van der Waals surface area contributed by atoms with E-state index in [0.29, 0.717) is 0 Å². The smallest absolute Gasteiger partial charge is 0.129 e. The Morgan fingerprint density at radius 3 is 2.50 bits per heavy atom. The van der Waals surface area contributed by atoms with Crippen molar-refractivity contribution in [2.24, 2.45) is 0 Å². The molecule has 0 spiro atoms. The third-order valence-electron chi connectivity index (χ3n) is 5.54. The van der Waals surface area contributed by atoms with Gasteiger partial charge in [-0.3, -0.25) is 4.90 Å². The predicted molar refractivity (Wildman–Crippen MR) is 120 cm³/mol. The number of anilines is 2. The first-order valence-corrected chi connectivity index (χ1v) is 9.84. The van der Waals surface area contributed by atoms with Crippen LogP contribution in [0, 0.1) is 0 Å². The Balaban J connectivity index is 0.00000225. The van der Waals surface area contributed by atoms with Crippen LogP contribution in [0.2, 0.25) is 0 Å². The lowest BCUT2D eigenvalue weighted by Gasteiger charge is -2.33. The minimum atomic E-state index is 0. The summed E-state index contributed by atoms with van der Waals surface area (Å²) >= 11 is 0. The largest absolute Gasteiger partial charge is 0.399 e. The van der Waals surface area contributed by atoms with Crippen molar-refractivity contribution in [3.63, 3.8) is 0 Å². The Bertz CT molecular complexity index is 814. The molecule has 150 valence electrons. The van der Waals surface area contributed by atoms with Gasteiger partial charge >= 0.3 is 0 Å². The van der Waals surface area contributed by atoms with Gasteiger partial charge < -0.3 is 15.5 Å². The number of aromatic nitrogens is 1. The molecular weight excluding hydrogens is 370 g/mol. The molecule has 3 heterocycles. The van der Waals surface area contributed by atoms with Gasteiger partial charge in [0, 0.05) is 51.5 Å². The first-order valence-electron chi connectivity index (χ1n) is 9.84. The van der Waals surface area contributed by atoms with Crippen LogP contribution in [-0.2, 0) is 6.54 Å². The van der Waals surface area contributed by atoms with Gasteiger partial charge in [0.2, 0.25) is 0 Å². The molecule has 2 aliphatic rings. The highest BCUT2D eigenvalue weighted by atomic mass is 35.5. The van der Waals surface area contributed by atoms with E-state index in [4.69, 9.17) is 10.7 Å². The summed E-state index contributed by atoms with van der Waals surface area (Å²) in [6.07, 6.45) is 3.38. The lowest BCUT2D eigenvalue weighted by Crippen LogP contribution is -2.44. The highest BCUT2D eigenvalue weighted by molar-refractivity contribution is 5.85. The third-order valence-corrected chi connectivity index (χ3v) is 5.54. The number of halogens is 1. The van der Waals surface area contributed by atoms with Crippen LogP contribution in [0.3, 0.4) is 0 Å². The molecule has 0 atom stereocenters. The highest BCUT2D eigenvalue weighted by Crippen LogP contribution is 2.24. The topological polar surface area (TPSA) is 48.6 Å². The van der Waals surface area contributed by atoms with E-state index in [1.807, 2.05) is 12.1 Å². The molecule has 2 aromatic rings. The summed E-state index contributed by atoms with van der Waals surface area (Å²) in [5.74, 6) is 1.11. The molecule has 28 heavy (non-hydrogen) atoms. The second kappa shape index (κ2) is 9.41. The van der Waals surface area contributed by atoms with E-state index in [1.54, 1.807) is 0 Å². The fraction of sp³-hybridized carbons (Fsp3) is 0.409. The maximum Gasteiger partial charge on any atom is 0.129 e. The fourth-order valence-electron chi connectivity index (χ4n) is 3.85. The zero-order valence-corrected chi connectivity index (χ0v) is 17.4. The van der Waals surface area contributed by atoms with Crippen LogP contribution >= 0.6 is 12.4 Å². The second-order valence-corrected chi connectivity index (χ2v) is 7.63. The molecule has 0 aliphatic carbocycles. The van der Waals surface area contributed by atoms with Crippen LogP contribution in [-0.4, -0.2) is 61.1 Å². The van der Waals surface area contributed by atoms with E-state index in [-0.39, 0.29) is 12.4 Å². The first-order chi connectivity index (χ1) is 13.2. The molecule has 0 unspecified atom stereocenters. The van der Waals surface area contributed by atoms with Crippen LogP contribution in [0.4, 0.5) is 11.5 Å². The van der Waals surface area contributed by atoms with E-state index >= 15 is 0 Å². The maximum absolute atomic E-state index is 5.90. The normalized spacial score (nSPS) is 18.5. The summed E-state index contributed by atoms with van der Waals surface area (Å²) in [6, 6.07) is 14.6. The van der Waals surface area contributed by atoms with Crippen LogP contribution in [0.25, 0.3) is 5.57 Å². The average Bonchev–Trinajstić information content (AvgIpc) is 2.69. The molecule has 1 aromatic carbocycles. The van der Waals surface area contributed by atoms with Gasteiger partial charge in [-0.15, -0.1) is 12.4 Å². The van der Waals surface area contributed by atoms with Crippen molar-refractivity contribution in [2.45, 2.75) is 13.0 Å². The Hall–Kier alpha value is -2.08. The number of hydrogen-bond donors (Lipinski definition) is 1. The highest BCUT2D eigenvalue weighted by Gasteiger charge is 2.18. The molecule has 0 radical (unpaired) electrons. The number of hydrogen-bond acceptors (Lipinski definition) is 5. The summed E-state index contributed by atoms with van der Waals surface area (Å²) in [7, 11) is 2.18. The van der Waals surface area contributed by atoms with Crippen LogP contribution in [0.1, 0.15) is 17.7 Å². The number of benzene rings is 1. The number of nitrogens with zero attached hydrogens (tertiary/aromatic N) is 4. The molecule has 4 rings (SSSR count). The van der Waals surface area contributed by atoms with E-state index < -0.39 is 0 Å². The fourth-order valence-corrected chi connectivity index (χ4v) is 3.85. The van der Waals surface area contributed by atoms with Crippen molar-refractivity contribution in [2.75, 3.05) is 56.9 Å². The molecule has 5 nitrogen and oxygen atoms in total. The molecule has 0 amide bonds. The van der Waals surface area contributed by atoms with Crippen LogP contribution in [0.5, 0.6) is 0 Å². The molecule has 1 fully saturated rings. The van der Waals surface area contributed by atoms with Gasteiger partial charge in [-0.25, -0.2) is 4.98 Å². The third kappa shape index (κ3) is 5.04. The maximum atomic E-state index is 5.90. The van der Waals surface area contributed by atoms with Gasteiger partial charge in [-0.2, -0.15) is 0 Å². The number of pyridine rings is 1. The number of rotatable bonds is 4. The Morgan fingerprint density at radius 2 is 1.79 bits per heavy atom. The Morgan fingerprint density at radius 1 is 1.00 bits per heavy atom. The Kier molecular flexibility index (Phi) is 6.94. The van der Waals surface area contributed by atoms with Crippen molar-refractivity contribution in [1.29, 1.82) is 0 Å². The number of likely N-dealkylation sites (N-methyl/N-ethyl adjacent to an activating group) is 1. The summed E-state index contributed by atoms with van der Waals surface area (Å²) < 4.78 is 0. The lowest BCUT2D eigenvalue weighted by molar-refractivity contribution is 0.294. The van der Waals surface area contributed by atoms with Crippen molar-refractivity contribution >= 4 is 29.5 Å². The molecule has 1 saturated heterocycles. The zero-order valence-electron chi connectivity index (χ0n) is 16.6. The lowest BCUT2D eigenvalue weighted by atomic mass is 10.0. The van der Waals surface area contributed by atoms with Gasteiger partial charge in [0.05, 0.1) is 5.69 Å². The van der Waals surface area contributed by atoms with E-state index in [9.17, 15) is 0 Å². The van der Waals surface area contributed by atoms with Gasteiger partial charge in [0.1, 0.15) is 5.82 Å². The number of nitrogens with two attached hydrogens (primary N) is 1. The average molecular weight is 400 g/mol. The van der Waals surface area contributed by atoms with Gasteiger partial charge in [-0.05, 0) is 48.9 Å². The van der Waals surface area contributed by atoms with E-state index in [0.717, 1.165) is 69.4 Å².